The summed E-state index contributed by atoms with van der Waals surface area (Å²) in [4.78, 5) is 19.2. The molecule has 0 saturated carbocycles. The Labute approximate surface area is 173 Å². The number of nitrogens with zero attached hydrogens (tertiary/aromatic N) is 3. The Morgan fingerprint density at radius 3 is 2.86 bits per heavy atom. The molecule has 7 nitrogen and oxygen atoms in total. The van der Waals surface area contributed by atoms with E-state index in [-0.39, 0.29) is 11.8 Å². The number of aromatic nitrogens is 2. The number of anilines is 2. The number of halogens is 1. The lowest BCUT2D eigenvalue weighted by atomic mass is 9.97. The molecule has 1 unspecified atom stereocenters. The van der Waals surface area contributed by atoms with Crippen LogP contribution in [0.15, 0.2) is 53.1 Å². The first-order valence-corrected chi connectivity index (χ1v) is 9.79. The van der Waals surface area contributed by atoms with Crippen molar-refractivity contribution in [2.75, 3.05) is 30.4 Å². The number of methoxy groups -OCH3 is 1. The molecule has 0 aliphatic carbocycles. The topological polar surface area (TPSA) is 80.5 Å². The van der Waals surface area contributed by atoms with Crippen molar-refractivity contribution in [2.45, 2.75) is 12.8 Å². The normalized spacial score (nSPS) is 16.5. The van der Waals surface area contributed by atoms with Gasteiger partial charge >= 0.3 is 6.01 Å². The Morgan fingerprint density at radius 2 is 2.10 bits per heavy atom. The third-order valence-corrected chi connectivity index (χ3v) is 5.15. The summed E-state index contributed by atoms with van der Waals surface area (Å²) in [5, 5.41) is 7.61. The number of amides is 1. The molecule has 0 spiro atoms. The van der Waals surface area contributed by atoms with Crippen molar-refractivity contribution < 1.29 is 14.1 Å². The highest BCUT2D eigenvalue weighted by Gasteiger charge is 2.28. The fourth-order valence-electron chi connectivity index (χ4n) is 3.38. The van der Waals surface area contributed by atoms with Crippen LogP contribution in [0.3, 0.4) is 0 Å². The summed E-state index contributed by atoms with van der Waals surface area (Å²) >= 11 is 5.99. The highest BCUT2D eigenvalue weighted by molar-refractivity contribution is 6.30. The second-order valence-corrected chi connectivity index (χ2v) is 7.35. The predicted octanol–water partition coefficient (Wildman–Crippen LogP) is 4.25. The first-order chi connectivity index (χ1) is 14.1. The first-order valence-electron chi connectivity index (χ1n) is 9.42. The molecule has 1 aliphatic rings. The molecular formula is C21H21ClN4O3. The molecule has 1 fully saturated rings. The van der Waals surface area contributed by atoms with Crippen molar-refractivity contribution in [2.24, 2.45) is 5.92 Å². The Balaban J connectivity index is 1.43. The Morgan fingerprint density at radius 1 is 1.28 bits per heavy atom. The molecule has 1 saturated heterocycles. The van der Waals surface area contributed by atoms with Gasteiger partial charge in [0.2, 0.25) is 11.7 Å². The Bertz CT molecular complexity index is 990. The molecule has 1 amide bonds. The minimum Gasteiger partial charge on any atom is -0.497 e. The summed E-state index contributed by atoms with van der Waals surface area (Å²) in [6.07, 6.45) is 1.68. The number of carbonyl (C=O) groups is 1. The maximum atomic E-state index is 12.7. The molecule has 2 aromatic carbocycles. The number of ether oxygens (including phenoxy) is 1. The van der Waals surface area contributed by atoms with Crippen LogP contribution in [0.4, 0.5) is 11.7 Å². The lowest BCUT2D eigenvalue weighted by Crippen LogP contribution is -2.41. The van der Waals surface area contributed by atoms with Gasteiger partial charge < -0.3 is 19.5 Å². The van der Waals surface area contributed by atoms with Gasteiger partial charge in [0.15, 0.2) is 0 Å². The molecular weight excluding hydrogens is 392 g/mol. The number of piperidine rings is 1. The van der Waals surface area contributed by atoms with Crippen molar-refractivity contribution in [1.82, 2.24) is 10.1 Å². The average molecular weight is 413 g/mol. The SMILES string of the molecule is COc1ccc(-c2noc(N3CCCC(C(=O)Nc4cccc(Cl)c4)C3)n2)cc1. The Hall–Kier alpha value is -3.06. The quantitative estimate of drug-likeness (QED) is 0.674. The van der Waals surface area contributed by atoms with Crippen LogP contribution in [-0.2, 0) is 4.79 Å². The van der Waals surface area contributed by atoms with Crippen LogP contribution in [-0.4, -0.2) is 36.2 Å². The largest absolute Gasteiger partial charge is 0.497 e. The van der Waals surface area contributed by atoms with Gasteiger partial charge in [-0.25, -0.2) is 0 Å². The van der Waals surface area contributed by atoms with E-state index in [2.05, 4.69) is 15.5 Å². The minimum absolute atomic E-state index is 0.0353. The van der Waals surface area contributed by atoms with E-state index in [0.717, 1.165) is 30.7 Å². The number of hydrogen-bond donors (Lipinski definition) is 1. The van der Waals surface area contributed by atoms with Gasteiger partial charge in [0.05, 0.1) is 13.0 Å². The van der Waals surface area contributed by atoms with Crippen LogP contribution in [0.2, 0.25) is 5.02 Å². The fraction of sp³-hybridized carbons (Fsp3) is 0.286. The molecule has 1 N–H and O–H groups in total. The van der Waals surface area contributed by atoms with E-state index in [9.17, 15) is 4.79 Å². The van der Waals surface area contributed by atoms with Gasteiger partial charge in [0.25, 0.3) is 0 Å². The Kier molecular flexibility index (Phi) is 5.67. The van der Waals surface area contributed by atoms with Crippen molar-refractivity contribution in [3.8, 4) is 17.1 Å². The van der Waals surface area contributed by atoms with E-state index in [0.29, 0.717) is 29.1 Å². The zero-order valence-electron chi connectivity index (χ0n) is 16.0. The summed E-state index contributed by atoms with van der Waals surface area (Å²) in [6.45, 7) is 1.29. The zero-order valence-corrected chi connectivity index (χ0v) is 16.7. The van der Waals surface area contributed by atoms with Gasteiger partial charge in [0.1, 0.15) is 5.75 Å². The lowest BCUT2D eigenvalue weighted by molar-refractivity contribution is -0.120. The maximum absolute atomic E-state index is 12.7. The van der Waals surface area contributed by atoms with Crippen molar-refractivity contribution in [1.29, 1.82) is 0 Å². The third-order valence-electron chi connectivity index (χ3n) is 4.92. The fourth-order valence-corrected chi connectivity index (χ4v) is 3.57. The summed E-state index contributed by atoms with van der Waals surface area (Å²) < 4.78 is 10.6. The number of rotatable bonds is 5. The van der Waals surface area contributed by atoms with Crippen LogP contribution < -0.4 is 15.0 Å². The first kappa shape index (κ1) is 19.3. The van der Waals surface area contributed by atoms with E-state index in [1.54, 1.807) is 19.2 Å². The molecule has 3 aromatic rings. The van der Waals surface area contributed by atoms with Gasteiger partial charge in [-0.3, -0.25) is 4.79 Å². The molecule has 0 radical (unpaired) electrons. The van der Waals surface area contributed by atoms with Crippen LogP contribution >= 0.6 is 11.6 Å². The molecule has 1 aliphatic heterocycles. The molecule has 150 valence electrons. The molecule has 1 atom stereocenters. The standard InChI is InChI=1S/C21H21ClN4O3/c1-28-18-9-7-14(8-10-18)19-24-21(29-25-19)26-11-3-4-15(13-26)20(27)23-17-6-2-5-16(22)12-17/h2,5-10,12,15H,3-4,11,13H2,1H3,(H,23,27). The number of hydrogen-bond acceptors (Lipinski definition) is 6. The number of carbonyl (C=O) groups excluding carboxylic acids is 1. The number of nitrogens with one attached hydrogen (secondary N) is 1. The van der Waals surface area contributed by atoms with Crippen LogP contribution in [0, 0.1) is 5.92 Å². The van der Waals surface area contributed by atoms with E-state index >= 15 is 0 Å². The summed E-state index contributed by atoms with van der Waals surface area (Å²) in [6, 6.07) is 15.0. The van der Waals surface area contributed by atoms with Gasteiger partial charge in [-0.1, -0.05) is 22.8 Å². The van der Waals surface area contributed by atoms with E-state index in [1.165, 1.54) is 0 Å². The van der Waals surface area contributed by atoms with E-state index in [4.69, 9.17) is 20.9 Å². The number of benzene rings is 2. The van der Waals surface area contributed by atoms with Crippen molar-refractivity contribution in [3.05, 3.63) is 53.6 Å². The zero-order chi connectivity index (χ0) is 20.2. The monoisotopic (exact) mass is 412 g/mol. The van der Waals surface area contributed by atoms with Gasteiger partial charge in [-0.05, 0) is 55.3 Å². The van der Waals surface area contributed by atoms with Crippen LogP contribution in [0.5, 0.6) is 5.75 Å². The smallest absolute Gasteiger partial charge is 0.324 e. The van der Waals surface area contributed by atoms with E-state index in [1.807, 2.05) is 41.3 Å². The molecule has 8 heteroatoms. The average Bonchev–Trinajstić information content (AvgIpc) is 3.24. The lowest BCUT2D eigenvalue weighted by Gasteiger charge is -2.30. The van der Waals surface area contributed by atoms with Crippen LogP contribution in [0.1, 0.15) is 12.8 Å². The third kappa shape index (κ3) is 4.51. The second kappa shape index (κ2) is 8.53. The molecule has 0 bridgehead atoms. The summed E-state index contributed by atoms with van der Waals surface area (Å²) in [7, 11) is 1.62. The van der Waals surface area contributed by atoms with Gasteiger partial charge in [0, 0.05) is 29.4 Å². The minimum atomic E-state index is -0.168. The van der Waals surface area contributed by atoms with Crippen molar-refractivity contribution in [3.63, 3.8) is 0 Å². The van der Waals surface area contributed by atoms with E-state index < -0.39 is 0 Å². The van der Waals surface area contributed by atoms with Crippen molar-refractivity contribution >= 4 is 29.2 Å². The molecule has 29 heavy (non-hydrogen) atoms. The highest BCUT2D eigenvalue weighted by Crippen LogP contribution is 2.26. The molecule has 2 heterocycles. The molecule has 4 rings (SSSR count). The summed E-state index contributed by atoms with van der Waals surface area (Å²) in [5.41, 5.74) is 1.53. The predicted molar refractivity (Wildman–Crippen MR) is 111 cm³/mol. The highest BCUT2D eigenvalue weighted by atomic mass is 35.5. The maximum Gasteiger partial charge on any atom is 0.324 e. The van der Waals surface area contributed by atoms with Gasteiger partial charge in [-0.2, -0.15) is 4.98 Å². The molecule has 1 aromatic heterocycles. The summed E-state index contributed by atoms with van der Waals surface area (Å²) in [5.74, 6) is 1.07. The second-order valence-electron chi connectivity index (χ2n) is 6.91. The van der Waals surface area contributed by atoms with Gasteiger partial charge in [-0.15, -0.1) is 0 Å². The van der Waals surface area contributed by atoms with Crippen LogP contribution in [0.25, 0.3) is 11.4 Å².